The summed E-state index contributed by atoms with van der Waals surface area (Å²) >= 11 is 0. The Morgan fingerprint density at radius 2 is 1.94 bits per heavy atom. The summed E-state index contributed by atoms with van der Waals surface area (Å²) in [6, 6.07) is 4.77. The fraction of sp³-hybridized carbons (Fsp3) is 0.308. The van der Waals surface area contributed by atoms with Crippen LogP contribution in [0.1, 0.15) is 31.0 Å². The molecule has 0 atom stereocenters. The fourth-order valence-corrected chi connectivity index (χ4v) is 1.95. The molecule has 0 aliphatic heterocycles. The molecule has 1 heterocycles. The third-order valence-corrected chi connectivity index (χ3v) is 2.71. The van der Waals surface area contributed by atoms with Crippen LogP contribution < -0.4 is 5.43 Å². The minimum Gasteiger partial charge on any atom is -0.508 e. The summed E-state index contributed by atoms with van der Waals surface area (Å²) in [7, 11) is 0. The number of fused-ring (bicyclic) bond motifs is 1. The molecule has 0 aliphatic carbocycles. The SMILES string of the molecule is Cc1cc(=O)c2cc(O)cc(C(C)C)c2[nH]1. The van der Waals surface area contributed by atoms with Crippen LogP contribution in [0.3, 0.4) is 0 Å². The highest BCUT2D eigenvalue weighted by atomic mass is 16.3. The van der Waals surface area contributed by atoms with Gasteiger partial charge in [-0.25, -0.2) is 0 Å². The molecule has 2 rings (SSSR count). The summed E-state index contributed by atoms with van der Waals surface area (Å²) < 4.78 is 0. The van der Waals surface area contributed by atoms with E-state index in [0.29, 0.717) is 5.39 Å². The van der Waals surface area contributed by atoms with Crippen molar-refractivity contribution in [1.29, 1.82) is 0 Å². The Kier molecular flexibility index (Phi) is 2.46. The standard InChI is InChI=1S/C13H15NO2/c1-7(2)10-5-9(15)6-11-12(16)4-8(3)14-13(10)11/h4-7,15H,1-3H3,(H,14,16). The molecule has 0 spiro atoms. The van der Waals surface area contributed by atoms with Crippen molar-refractivity contribution in [1.82, 2.24) is 4.98 Å². The molecule has 0 unspecified atom stereocenters. The van der Waals surface area contributed by atoms with E-state index in [4.69, 9.17) is 0 Å². The van der Waals surface area contributed by atoms with Crippen molar-refractivity contribution in [2.75, 3.05) is 0 Å². The van der Waals surface area contributed by atoms with Crippen molar-refractivity contribution < 1.29 is 5.11 Å². The molecule has 0 fully saturated rings. The van der Waals surface area contributed by atoms with Crippen LogP contribution in [0.15, 0.2) is 23.0 Å². The van der Waals surface area contributed by atoms with Crippen LogP contribution in [-0.4, -0.2) is 10.1 Å². The van der Waals surface area contributed by atoms with E-state index in [9.17, 15) is 9.90 Å². The monoisotopic (exact) mass is 217 g/mol. The molecule has 0 radical (unpaired) electrons. The third kappa shape index (κ3) is 1.69. The molecular formula is C13H15NO2. The zero-order valence-corrected chi connectivity index (χ0v) is 9.66. The molecule has 3 nitrogen and oxygen atoms in total. The summed E-state index contributed by atoms with van der Waals surface area (Å²) in [6.07, 6.45) is 0. The number of nitrogens with one attached hydrogen (secondary N) is 1. The Morgan fingerprint density at radius 1 is 1.25 bits per heavy atom. The van der Waals surface area contributed by atoms with Gasteiger partial charge in [0.2, 0.25) is 0 Å². The van der Waals surface area contributed by atoms with E-state index in [0.717, 1.165) is 16.8 Å². The van der Waals surface area contributed by atoms with Gasteiger partial charge in [-0.05, 0) is 30.5 Å². The number of H-pyrrole nitrogens is 1. The molecule has 2 aromatic rings. The molecule has 0 aliphatic rings. The number of benzene rings is 1. The quantitative estimate of drug-likeness (QED) is 0.771. The summed E-state index contributed by atoms with van der Waals surface area (Å²) in [5.74, 6) is 0.401. The number of aromatic nitrogens is 1. The smallest absolute Gasteiger partial charge is 0.189 e. The zero-order chi connectivity index (χ0) is 11.9. The van der Waals surface area contributed by atoms with Crippen LogP contribution in [0, 0.1) is 6.92 Å². The van der Waals surface area contributed by atoms with Crippen LogP contribution in [0.25, 0.3) is 10.9 Å². The summed E-state index contributed by atoms with van der Waals surface area (Å²) in [5.41, 5.74) is 2.59. The van der Waals surface area contributed by atoms with Crippen LogP contribution in [0.4, 0.5) is 0 Å². The highest BCUT2D eigenvalue weighted by Gasteiger charge is 2.10. The van der Waals surface area contributed by atoms with Crippen LogP contribution in [0.2, 0.25) is 0 Å². The lowest BCUT2D eigenvalue weighted by Crippen LogP contribution is -2.05. The lowest BCUT2D eigenvalue weighted by molar-refractivity contribution is 0.475. The largest absolute Gasteiger partial charge is 0.508 e. The topological polar surface area (TPSA) is 53.1 Å². The summed E-state index contributed by atoms with van der Waals surface area (Å²) in [5, 5.41) is 10.2. The van der Waals surface area contributed by atoms with E-state index < -0.39 is 0 Å². The van der Waals surface area contributed by atoms with Gasteiger partial charge >= 0.3 is 0 Å². The molecule has 16 heavy (non-hydrogen) atoms. The average molecular weight is 217 g/mol. The van der Waals surface area contributed by atoms with E-state index in [1.807, 2.05) is 20.8 Å². The van der Waals surface area contributed by atoms with Crippen molar-refractivity contribution in [3.63, 3.8) is 0 Å². The van der Waals surface area contributed by atoms with Crippen molar-refractivity contribution in [2.24, 2.45) is 0 Å². The molecular weight excluding hydrogens is 202 g/mol. The van der Waals surface area contributed by atoms with Crippen LogP contribution in [0.5, 0.6) is 5.75 Å². The van der Waals surface area contributed by atoms with Crippen molar-refractivity contribution in [3.05, 3.63) is 39.7 Å². The molecule has 0 amide bonds. The van der Waals surface area contributed by atoms with Gasteiger partial charge in [0.25, 0.3) is 0 Å². The van der Waals surface area contributed by atoms with E-state index in [1.165, 1.54) is 6.07 Å². The Balaban J connectivity index is 2.95. The van der Waals surface area contributed by atoms with Crippen molar-refractivity contribution >= 4 is 10.9 Å². The normalized spacial score (nSPS) is 11.2. The predicted molar refractivity (Wildman–Crippen MR) is 65.1 cm³/mol. The second kappa shape index (κ2) is 3.67. The lowest BCUT2D eigenvalue weighted by atomic mass is 9.99. The number of rotatable bonds is 1. The van der Waals surface area contributed by atoms with Gasteiger partial charge in [0.05, 0.1) is 5.52 Å². The van der Waals surface area contributed by atoms with Gasteiger partial charge in [0, 0.05) is 17.1 Å². The minimum absolute atomic E-state index is 0.0518. The molecule has 0 saturated heterocycles. The second-order valence-corrected chi connectivity index (χ2v) is 4.43. The van der Waals surface area contributed by atoms with E-state index >= 15 is 0 Å². The first kappa shape index (κ1) is 10.7. The Hall–Kier alpha value is -1.77. The maximum atomic E-state index is 11.8. The summed E-state index contributed by atoms with van der Waals surface area (Å²) in [6.45, 7) is 5.93. The van der Waals surface area contributed by atoms with Gasteiger partial charge in [-0.1, -0.05) is 13.8 Å². The molecule has 1 aromatic heterocycles. The Bertz CT molecular complexity index is 597. The number of aryl methyl sites for hydroxylation is 1. The summed E-state index contributed by atoms with van der Waals surface area (Å²) in [4.78, 5) is 15.0. The number of hydrogen-bond donors (Lipinski definition) is 2. The first-order chi connectivity index (χ1) is 7.49. The molecule has 0 bridgehead atoms. The Morgan fingerprint density at radius 3 is 2.56 bits per heavy atom. The van der Waals surface area contributed by atoms with E-state index in [2.05, 4.69) is 4.98 Å². The first-order valence-electron chi connectivity index (χ1n) is 5.35. The fourth-order valence-electron chi connectivity index (χ4n) is 1.95. The number of phenols is 1. The lowest BCUT2D eigenvalue weighted by Gasteiger charge is -2.11. The molecule has 84 valence electrons. The highest BCUT2D eigenvalue weighted by Crippen LogP contribution is 2.27. The molecule has 2 N–H and O–H groups in total. The van der Waals surface area contributed by atoms with Gasteiger partial charge in [-0.2, -0.15) is 0 Å². The number of phenolic OH excluding ortho intramolecular Hbond substituents is 1. The van der Waals surface area contributed by atoms with E-state index in [1.54, 1.807) is 12.1 Å². The van der Waals surface area contributed by atoms with Crippen LogP contribution >= 0.6 is 0 Å². The first-order valence-corrected chi connectivity index (χ1v) is 5.35. The van der Waals surface area contributed by atoms with Gasteiger partial charge in [-0.15, -0.1) is 0 Å². The molecule has 1 aromatic carbocycles. The Labute approximate surface area is 93.7 Å². The van der Waals surface area contributed by atoms with Gasteiger partial charge < -0.3 is 10.1 Å². The van der Waals surface area contributed by atoms with Crippen molar-refractivity contribution in [2.45, 2.75) is 26.7 Å². The van der Waals surface area contributed by atoms with Gasteiger partial charge in [0.1, 0.15) is 5.75 Å². The highest BCUT2D eigenvalue weighted by molar-refractivity contribution is 5.84. The van der Waals surface area contributed by atoms with Crippen molar-refractivity contribution in [3.8, 4) is 5.75 Å². The predicted octanol–water partition coefficient (Wildman–Crippen LogP) is 2.67. The average Bonchev–Trinajstić information content (AvgIpc) is 2.18. The maximum absolute atomic E-state index is 11.8. The number of aromatic amines is 1. The molecule has 3 heteroatoms. The molecule has 0 saturated carbocycles. The van der Waals surface area contributed by atoms with Crippen LogP contribution in [-0.2, 0) is 0 Å². The maximum Gasteiger partial charge on any atom is 0.189 e. The number of pyridine rings is 1. The van der Waals surface area contributed by atoms with Gasteiger partial charge in [-0.3, -0.25) is 4.79 Å². The number of aromatic hydroxyl groups is 1. The zero-order valence-electron chi connectivity index (χ0n) is 9.66. The number of hydrogen-bond acceptors (Lipinski definition) is 2. The second-order valence-electron chi connectivity index (χ2n) is 4.43. The third-order valence-electron chi connectivity index (χ3n) is 2.71. The minimum atomic E-state index is -0.0518. The van der Waals surface area contributed by atoms with Gasteiger partial charge in [0.15, 0.2) is 5.43 Å². The van der Waals surface area contributed by atoms with E-state index in [-0.39, 0.29) is 17.1 Å².